The first-order valence-corrected chi connectivity index (χ1v) is 9.78. The molecule has 10 heteroatoms. The monoisotopic (exact) mass is 448 g/mol. The highest BCUT2D eigenvalue weighted by Gasteiger charge is 2.60. The molecule has 7 nitrogen and oxygen atoms in total. The van der Waals surface area contributed by atoms with Crippen molar-refractivity contribution in [3.63, 3.8) is 0 Å². The van der Waals surface area contributed by atoms with Crippen LogP contribution in [0.5, 0.6) is 0 Å². The number of carbonyl (C=O) groups excluding carboxylic acids is 1. The van der Waals surface area contributed by atoms with Gasteiger partial charge in [0, 0.05) is 23.7 Å². The lowest BCUT2D eigenvalue weighted by molar-refractivity contribution is -0.114. The lowest BCUT2D eigenvalue weighted by atomic mass is 9.78. The molecule has 1 heterocycles. The molecule has 0 aliphatic carbocycles. The first-order valence-electron chi connectivity index (χ1n) is 9.38. The second-order valence-corrected chi connectivity index (χ2v) is 7.58. The summed E-state index contributed by atoms with van der Waals surface area (Å²) in [6.45, 7) is -0.518. The number of hydrogen-bond donors (Lipinski definition) is 4. The summed E-state index contributed by atoms with van der Waals surface area (Å²) in [4.78, 5) is 15.5. The number of aliphatic imine (C=N–C) groups is 1. The summed E-state index contributed by atoms with van der Waals surface area (Å²) in [5, 5.41) is 14.8. The van der Waals surface area contributed by atoms with E-state index in [0.29, 0.717) is 5.56 Å². The zero-order valence-electron chi connectivity index (χ0n) is 16.7. The molecule has 2 atom stereocenters. The average molecular weight is 448 g/mol. The fraction of sp³-hybridized carbons (Fsp3) is 0.286. The molecule has 1 aliphatic heterocycles. The molecule has 0 radical (unpaired) electrons. The minimum absolute atomic E-state index is 0.0769. The lowest BCUT2D eigenvalue weighted by Crippen LogP contribution is -2.61. The Balaban J connectivity index is 2.04. The molecule has 0 saturated carbocycles. The molecule has 5 N–H and O–H groups in total. The second kappa shape index (κ2) is 9.04. The number of ether oxygens (including phenoxy) is 1. The van der Waals surface area contributed by atoms with Crippen molar-refractivity contribution in [3.05, 3.63) is 65.5 Å². The van der Waals surface area contributed by atoms with Crippen molar-refractivity contribution in [1.29, 1.82) is 0 Å². The van der Waals surface area contributed by atoms with Crippen LogP contribution in [0, 0.1) is 5.82 Å². The van der Waals surface area contributed by atoms with Crippen molar-refractivity contribution in [2.75, 3.05) is 25.1 Å². The van der Waals surface area contributed by atoms with Crippen LogP contribution in [0.15, 0.2) is 53.5 Å². The van der Waals surface area contributed by atoms with Gasteiger partial charge in [0.1, 0.15) is 17.2 Å². The third-order valence-electron chi connectivity index (χ3n) is 5.02. The van der Waals surface area contributed by atoms with Crippen molar-refractivity contribution < 1.29 is 23.4 Å². The van der Waals surface area contributed by atoms with E-state index in [1.54, 1.807) is 24.3 Å². The van der Waals surface area contributed by atoms with E-state index in [-0.39, 0.29) is 34.7 Å². The van der Waals surface area contributed by atoms with E-state index in [1.807, 2.05) is 6.07 Å². The number of nitrogens with zero attached hydrogens (tertiary/aromatic N) is 1. The second-order valence-electron chi connectivity index (χ2n) is 7.19. The van der Waals surface area contributed by atoms with E-state index in [0.717, 1.165) is 6.07 Å². The quantitative estimate of drug-likeness (QED) is 0.317. The van der Waals surface area contributed by atoms with Crippen LogP contribution in [0.1, 0.15) is 18.1 Å². The number of anilines is 1. The Morgan fingerprint density at radius 1 is 1.29 bits per heavy atom. The molecule has 164 valence electrons. The molecular weight excluding hydrogens is 426 g/mol. The van der Waals surface area contributed by atoms with Gasteiger partial charge in [0.25, 0.3) is 0 Å². The first-order chi connectivity index (χ1) is 14.7. The first kappa shape index (κ1) is 22.7. The molecule has 0 aromatic heterocycles. The van der Waals surface area contributed by atoms with Crippen LogP contribution in [-0.2, 0) is 15.1 Å². The van der Waals surface area contributed by atoms with Crippen LogP contribution < -0.4 is 16.4 Å². The third-order valence-corrected chi connectivity index (χ3v) is 5.22. The van der Waals surface area contributed by atoms with Crippen molar-refractivity contribution in [3.8, 4) is 0 Å². The number of hydrogen-bond acceptors (Lipinski definition) is 4. The van der Waals surface area contributed by atoms with Crippen molar-refractivity contribution in [2.45, 2.75) is 18.1 Å². The maximum atomic E-state index is 15.8. The number of nitrogens with one attached hydrogen (secondary N) is 2. The minimum Gasteiger partial charge on any atom is -0.393 e. The van der Waals surface area contributed by atoms with Gasteiger partial charge >= 0.3 is 0 Å². The number of benzene rings is 2. The van der Waals surface area contributed by atoms with Crippen LogP contribution >= 0.6 is 12.2 Å². The smallest absolute Gasteiger partial charge is 0.221 e. The molecule has 1 fully saturated rings. The summed E-state index contributed by atoms with van der Waals surface area (Å²) in [7, 11) is 0. The molecule has 1 aliphatic rings. The maximum Gasteiger partial charge on any atom is 0.221 e. The fourth-order valence-electron chi connectivity index (χ4n) is 3.46. The Morgan fingerprint density at radius 2 is 2.00 bits per heavy atom. The zero-order chi connectivity index (χ0) is 22.6. The largest absolute Gasteiger partial charge is 0.393 e. The molecule has 1 amide bonds. The van der Waals surface area contributed by atoms with Gasteiger partial charge in [-0.1, -0.05) is 30.3 Å². The topological polar surface area (TPSA) is 109 Å². The van der Waals surface area contributed by atoms with Crippen LogP contribution in [0.4, 0.5) is 14.5 Å². The number of aliphatic hydroxyl groups is 1. The van der Waals surface area contributed by atoms with E-state index in [1.165, 1.54) is 19.1 Å². The highest BCUT2D eigenvalue weighted by molar-refractivity contribution is 7.80. The number of alkyl halides is 1. The molecule has 31 heavy (non-hydrogen) atoms. The van der Waals surface area contributed by atoms with Gasteiger partial charge < -0.3 is 26.2 Å². The van der Waals surface area contributed by atoms with Gasteiger partial charge in [-0.25, -0.2) is 13.8 Å². The summed E-state index contributed by atoms with van der Waals surface area (Å²) in [5.41, 5.74) is 2.32. The summed E-state index contributed by atoms with van der Waals surface area (Å²) >= 11 is 5.26. The molecule has 0 unspecified atom stereocenters. The van der Waals surface area contributed by atoms with Crippen LogP contribution in [0.3, 0.4) is 0 Å². The van der Waals surface area contributed by atoms with Crippen LogP contribution in [0.2, 0.25) is 0 Å². The number of carbonyl (C=O) groups is 1. The van der Waals surface area contributed by atoms with Crippen molar-refractivity contribution in [1.82, 2.24) is 5.32 Å². The number of rotatable bonds is 5. The Hall–Kier alpha value is -2.95. The maximum absolute atomic E-state index is 15.8. The van der Waals surface area contributed by atoms with E-state index in [2.05, 4.69) is 15.6 Å². The van der Waals surface area contributed by atoms with Gasteiger partial charge in [-0.3, -0.25) is 4.79 Å². The Kier molecular flexibility index (Phi) is 6.63. The van der Waals surface area contributed by atoms with Gasteiger partial charge in [-0.05, 0) is 30.4 Å². The summed E-state index contributed by atoms with van der Waals surface area (Å²) in [6.07, 6.45) is 0. The number of nitrogens with two attached hydrogens (primary N) is 1. The minimum atomic E-state index is -2.43. The molecule has 0 spiro atoms. The summed E-state index contributed by atoms with van der Waals surface area (Å²) in [5.74, 6) is -1.08. The molecule has 2 aromatic rings. The average Bonchev–Trinajstić information content (AvgIpc) is 3.06. The third kappa shape index (κ3) is 4.55. The molecule has 1 saturated heterocycles. The number of amidine groups is 1. The van der Waals surface area contributed by atoms with Crippen LogP contribution in [0.25, 0.3) is 0 Å². The number of aliphatic hydroxyl groups excluding tert-OH is 1. The van der Waals surface area contributed by atoms with E-state index < -0.39 is 30.2 Å². The van der Waals surface area contributed by atoms with Crippen molar-refractivity contribution in [2.24, 2.45) is 10.7 Å². The van der Waals surface area contributed by atoms with E-state index in [9.17, 15) is 14.3 Å². The highest BCUT2D eigenvalue weighted by Crippen LogP contribution is 2.43. The van der Waals surface area contributed by atoms with Gasteiger partial charge in [0.05, 0.1) is 19.8 Å². The van der Waals surface area contributed by atoms with Gasteiger partial charge in [-0.15, -0.1) is 0 Å². The molecule has 3 rings (SSSR count). The summed E-state index contributed by atoms with van der Waals surface area (Å²) < 4.78 is 36.0. The van der Waals surface area contributed by atoms with Crippen LogP contribution in [-0.4, -0.2) is 47.5 Å². The Labute approximate surface area is 183 Å². The number of amides is 1. The fourth-order valence-corrected chi connectivity index (χ4v) is 3.73. The normalized spacial score (nSPS) is 23.4. The number of halogens is 2. The Bertz CT molecular complexity index is 1020. The highest BCUT2D eigenvalue weighted by atomic mass is 32.1. The zero-order valence-corrected chi connectivity index (χ0v) is 17.5. The molecular formula is C21H22F2N4O3S. The van der Waals surface area contributed by atoms with E-state index in [4.69, 9.17) is 22.7 Å². The van der Waals surface area contributed by atoms with Crippen molar-refractivity contribution >= 4 is 34.8 Å². The predicted molar refractivity (Wildman–Crippen MR) is 117 cm³/mol. The summed E-state index contributed by atoms with van der Waals surface area (Å²) in [6, 6.07) is 12.5. The predicted octanol–water partition coefficient (Wildman–Crippen LogP) is 1.99. The van der Waals surface area contributed by atoms with E-state index >= 15 is 4.39 Å². The van der Waals surface area contributed by atoms with Gasteiger partial charge in [0.15, 0.2) is 10.8 Å². The molecule has 0 bridgehead atoms. The number of thiocarbonyl (C=S) groups is 1. The molecule has 2 aromatic carbocycles. The standard InChI is InChI=1S/C21H22F2N4O3S/c1-13(29)25-15-7-8-17(22)16(9-15)21(12-30-11-20(21,23)10-28)27-19(31)26-18(24)14-5-3-2-4-6-14/h2-9,28H,10-12H2,1H3,(H,25,29)(H3,24,26,27,31)/t20-,21+/m0/s1. The SMILES string of the molecule is CC(=O)Nc1ccc(F)c([C@]2(NC(=S)/N=C(\N)c3ccccc3)COC[C@@]2(F)CO)c1. The Morgan fingerprint density at radius 3 is 2.65 bits per heavy atom. The van der Waals surface area contributed by atoms with Gasteiger partial charge in [0.2, 0.25) is 5.91 Å². The lowest BCUT2D eigenvalue weighted by Gasteiger charge is -2.39. The van der Waals surface area contributed by atoms with Gasteiger partial charge in [-0.2, -0.15) is 0 Å².